The first kappa shape index (κ1) is 40.5. The van der Waals surface area contributed by atoms with Crippen LogP contribution in [0, 0.1) is 34.5 Å². The Labute approximate surface area is 324 Å². The van der Waals surface area contributed by atoms with Crippen LogP contribution in [0.25, 0.3) is 0 Å². The number of phenolic OH excluding ortho intramolecular Hbond substituents is 1. The number of aliphatic hydroxyl groups excluding tert-OH is 3. The van der Waals surface area contributed by atoms with E-state index in [2.05, 4.69) is 10.6 Å². The molecule has 3 aromatic rings. The van der Waals surface area contributed by atoms with Gasteiger partial charge < -0.3 is 46.6 Å². The predicted molar refractivity (Wildman–Crippen MR) is 200 cm³/mol. The second-order valence-electron chi connectivity index (χ2n) is 16.1. The maximum absolute atomic E-state index is 14.8. The Morgan fingerprint density at radius 2 is 1.50 bits per heavy atom. The van der Waals surface area contributed by atoms with Gasteiger partial charge in [0.1, 0.15) is 24.4 Å². The molecule has 2 saturated carbocycles. The maximum atomic E-state index is 14.8. The van der Waals surface area contributed by atoms with Crippen molar-refractivity contribution in [1.29, 1.82) is 0 Å². The minimum Gasteiger partial charge on any atom is -0.507 e. The summed E-state index contributed by atoms with van der Waals surface area (Å²) in [6.45, 7) is 7.68. The van der Waals surface area contributed by atoms with Gasteiger partial charge in [-0.25, -0.2) is 9.59 Å². The molecule has 14 heteroatoms. The van der Waals surface area contributed by atoms with Crippen LogP contribution in [0.15, 0.2) is 72.8 Å². The molecule has 6 rings (SSSR count). The number of carbonyl (C=O) groups is 5. The summed E-state index contributed by atoms with van der Waals surface area (Å²) in [5.74, 6) is -11.6. The molecule has 0 spiro atoms. The van der Waals surface area contributed by atoms with Gasteiger partial charge in [-0.3, -0.25) is 14.4 Å². The maximum Gasteiger partial charge on any atom is 0.333 e. The molecule has 0 aliphatic heterocycles. The number of primary amides is 1. The van der Waals surface area contributed by atoms with Gasteiger partial charge in [0.15, 0.2) is 23.2 Å². The van der Waals surface area contributed by atoms with E-state index >= 15 is 0 Å². The molecule has 0 aromatic heterocycles. The number of aromatic hydroxyl groups is 1. The highest BCUT2D eigenvalue weighted by molar-refractivity contribution is 6.09. The normalized spacial score (nSPS) is 32.7. The highest BCUT2D eigenvalue weighted by Crippen LogP contribution is 2.68. The van der Waals surface area contributed by atoms with E-state index in [1.807, 2.05) is 6.07 Å². The van der Waals surface area contributed by atoms with E-state index in [9.17, 15) is 49.5 Å². The molecule has 3 aromatic carbocycles. The van der Waals surface area contributed by atoms with Crippen molar-refractivity contribution in [3.05, 3.63) is 101 Å². The molecule has 2 fully saturated rings. The third kappa shape index (κ3) is 5.97. The fourth-order valence-electron chi connectivity index (χ4n) is 10.1. The highest BCUT2D eigenvalue weighted by Gasteiger charge is 2.80. The molecule has 11 atom stereocenters. The van der Waals surface area contributed by atoms with E-state index in [0.29, 0.717) is 5.56 Å². The number of carbonyl (C=O) groups excluding carboxylic acids is 5. The van der Waals surface area contributed by atoms with Crippen LogP contribution >= 0.6 is 0 Å². The lowest BCUT2D eigenvalue weighted by atomic mass is 9.36. The number of ketones is 2. The summed E-state index contributed by atoms with van der Waals surface area (Å²) >= 11 is 0. The molecular weight excluding hydrogens is 722 g/mol. The Kier molecular flexibility index (Phi) is 10.7. The van der Waals surface area contributed by atoms with Crippen molar-refractivity contribution >= 4 is 29.5 Å². The number of fused-ring (bicyclic) bond motifs is 3. The van der Waals surface area contributed by atoms with Gasteiger partial charge >= 0.3 is 12.0 Å². The van der Waals surface area contributed by atoms with E-state index in [-0.39, 0.29) is 29.8 Å². The van der Waals surface area contributed by atoms with Crippen molar-refractivity contribution in [3.8, 4) is 5.75 Å². The first-order valence-corrected chi connectivity index (χ1v) is 18.6. The molecule has 9 N–H and O–H groups in total. The number of amides is 3. The fourth-order valence-corrected chi connectivity index (χ4v) is 10.1. The number of hydrogen-bond donors (Lipinski definition) is 8. The van der Waals surface area contributed by atoms with Crippen molar-refractivity contribution in [3.63, 3.8) is 0 Å². The van der Waals surface area contributed by atoms with Gasteiger partial charge in [-0.1, -0.05) is 101 Å². The number of hydrogen-bond acceptors (Lipinski definition) is 11. The lowest BCUT2D eigenvalue weighted by molar-refractivity contribution is -0.306. The smallest absolute Gasteiger partial charge is 0.333 e. The lowest BCUT2D eigenvalue weighted by Crippen LogP contribution is -2.83. The zero-order valence-electron chi connectivity index (χ0n) is 31.8. The zero-order chi connectivity index (χ0) is 41.1. The van der Waals surface area contributed by atoms with Crippen LogP contribution in [0.2, 0.25) is 0 Å². The monoisotopic (exact) mass is 771 g/mol. The molecule has 0 radical (unpaired) electrons. The number of esters is 1. The van der Waals surface area contributed by atoms with Crippen molar-refractivity contribution < 1.29 is 54.2 Å². The third-order valence-electron chi connectivity index (χ3n) is 13.0. The van der Waals surface area contributed by atoms with E-state index in [0.717, 1.165) is 11.6 Å². The minimum atomic E-state index is -2.97. The van der Waals surface area contributed by atoms with Gasteiger partial charge in [0, 0.05) is 17.4 Å². The van der Waals surface area contributed by atoms with E-state index < -0.39 is 106 Å². The van der Waals surface area contributed by atoms with E-state index in [1.165, 1.54) is 19.9 Å². The van der Waals surface area contributed by atoms with Crippen LogP contribution in [0.5, 0.6) is 5.75 Å². The number of Topliss-reactive ketones (excluding diaryl/α,β-unsaturated/α-hetero) is 2. The van der Waals surface area contributed by atoms with Crippen LogP contribution in [0.4, 0.5) is 4.79 Å². The number of phenols is 1. The Balaban J connectivity index is 1.49. The summed E-state index contributed by atoms with van der Waals surface area (Å²) in [5.41, 5.74) is -0.0834. The van der Waals surface area contributed by atoms with Gasteiger partial charge in [-0.05, 0) is 46.1 Å². The molecule has 298 valence electrons. The quantitative estimate of drug-likeness (QED) is 0.116. The summed E-state index contributed by atoms with van der Waals surface area (Å²) in [7, 11) is 0. The van der Waals surface area contributed by atoms with Gasteiger partial charge in [-0.15, -0.1) is 0 Å². The van der Waals surface area contributed by atoms with Gasteiger partial charge in [-0.2, -0.15) is 0 Å². The van der Waals surface area contributed by atoms with Crippen molar-refractivity contribution in [2.75, 3.05) is 0 Å². The highest BCUT2D eigenvalue weighted by atomic mass is 16.5. The molecule has 3 unspecified atom stereocenters. The first-order valence-electron chi connectivity index (χ1n) is 18.6. The largest absolute Gasteiger partial charge is 0.507 e. The SMILES string of the molecule is CC(C)[C@H]1C(O)[C@@H](C(N)=O)C(=O)[C@]2(O)C(O)[C@H]3C(=O)c4c(O)ccc(C(NC(=O)NCc5ccccc5)C(=O)OCc5ccccc5)c4[C@@H](C)[C@]3(C)[C@@H](O)[C@]12C. The average molecular weight is 772 g/mol. The predicted octanol–water partition coefficient (Wildman–Crippen LogP) is 2.39. The van der Waals surface area contributed by atoms with Gasteiger partial charge in [0.25, 0.3) is 0 Å². The Bertz CT molecular complexity index is 2040. The number of urea groups is 1. The average Bonchev–Trinajstić information content (AvgIpc) is 3.16. The van der Waals surface area contributed by atoms with Crippen molar-refractivity contribution in [1.82, 2.24) is 10.6 Å². The number of rotatable bonds is 9. The molecule has 56 heavy (non-hydrogen) atoms. The lowest BCUT2D eigenvalue weighted by Gasteiger charge is -2.69. The number of nitrogens with one attached hydrogen (secondary N) is 2. The third-order valence-corrected chi connectivity index (χ3v) is 13.0. The summed E-state index contributed by atoms with van der Waals surface area (Å²) < 4.78 is 5.70. The van der Waals surface area contributed by atoms with Crippen LogP contribution in [-0.4, -0.2) is 78.9 Å². The second-order valence-corrected chi connectivity index (χ2v) is 16.1. The Morgan fingerprint density at radius 3 is 2.07 bits per heavy atom. The van der Waals surface area contributed by atoms with Crippen molar-refractivity contribution in [2.24, 2.45) is 40.2 Å². The summed E-state index contributed by atoms with van der Waals surface area (Å²) in [6.07, 6.45) is -5.87. The number of aliphatic hydroxyl groups is 4. The van der Waals surface area contributed by atoms with Crippen LogP contribution < -0.4 is 16.4 Å². The molecule has 14 nitrogen and oxygen atoms in total. The van der Waals surface area contributed by atoms with E-state index in [1.54, 1.807) is 75.4 Å². The molecule has 3 aliphatic rings. The minimum absolute atomic E-state index is 0.0490. The van der Waals surface area contributed by atoms with Crippen LogP contribution in [-0.2, 0) is 32.3 Å². The van der Waals surface area contributed by atoms with Gasteiger partial charge in [0.2, 0.25) is 5.91 Å². The molecular formula is C42H49N3O11. The number of nitrogens with two attached hydrogens (primary N) is 1. The molecule has 0 bridgehead atoms. The number of ether oxygens (including phenoxy) is 1. The Morgan fingerprint density at radius 1 is 0.911 bits per heavy atom. The fraction of sp³-hybridized carbons (Fsp3) is 0.452. The first-order chi connectivity index (χ1) is 26.3. The number of benzene rings is 3. The Hall–Kier alpha value is -5.15. The van der Waals surface area contributed by atoms with Crippen LogP contribution in [0.3, 0.4) is 0 Å². The van der Waals surface area contributed by atoms with Crippen LogP contribution in [0.1, 0.15) is 79.2 Å². The molecule has 3 amide bonds. The standard InChI is InChI=1S/C42H49N3O11/c1-20(2)29-33(48)28(36(43)51)34(49)42(55)35(50)30-32(47)27-25(46)17-16-24(26(27)21(3)40(30,4)38(53)41(29,42)5)31(37(52)56-19-23-14-10-7-11-15-23)45-39(54)44-18-22-12-8-6-9-13-22/h6-17,20-21,28-31,33,35,38,46,48,50,53,55H,18-19H2,1-5H3,(H2,43,51)(H2,44,45,54)/t21-,28-,29+,30-,31?,33?,35?,38-,40+,41+,42+/m1/s1. The van der Waals surface area contributed by atoms with Crippen molar-refractivity contribution in [2.45, 2.75) is 83.6 Å². The molecule has 3 aliphatic carbocycles. The van der Waals surface area contributed by atoms with E-state index in [4.69, 9.17) is 10.5 Å². The molecule has 0 heterocycles. The topological polar surface area (TPSA) is 246 Å². The summed E-state index contributed by atoms with van der Waals surface area (Å²) in [4.78, 5) is 69.1. The molecule has 0 saturated heterocycles. The van der Waals surface area contributed by atoms with Gasteiger partial charge in [0.05, 0.1) is 23.7 Å². The summed E-state index contributed by atoms with van der Waals surface area (Å²) in [6, 6.07) is 18.0. The second kappa shape index (κ2) is 14.7. The summed E-state index contributed by atoms with van der Waals surface area (Å²) in [5, 5.41) is 65.7. The zero-order valence-corrected chi connectivity index (χ0v) is 31.8.